The molecule has 0 saturated carbocycles. The Morgan fingerprint density at radius 3 is 2.21 bits per heavy atom. The van der Waals surface area contributed by atoms with E-state index in [1.54, 1.807) is 13.0 Å². The van der Waals surface area contributed by atoms with Crippen molar-refractivity contribution in [2.24, 2.45) is 0 Å². The van der Waals surface area contributed by atoms with Crippen LogP contribution in [0.3, 0.4) is 0 Å². The summed E-state index contributed by atoms with van der Waals surface area (Å²) in [4.78, 5) is 0.217. The molecule has 0 amide bonds. The number of halogens is 1. The van der Waals surface area contributed by atoms with E-state index in [9.17, 15) is 8.42 Å². The van der Waals surface area contributed by atoms with Gasteiger partial charge in [-0.3, -0.25) is 0 Å². The Balaban J connectivity index is 3.44. The molecular weight excluding hydrogens is 220 g/mol. The number of hydrogen-bond donors (Lipinski definition) is 0. The van der Waals surface area contributed by atoms with Gasteiger partial charge in [-0.15, -0.1) is 0 Å². The first-order valence-corrected chi connectivity index (χ1v) is 6.72. The summed E-state index contributed by atoms with van der Waals surface area (Å²) in [5, 5.41) is 0. The maximum atomic E-state index is 11.2. The van der Waals surface area contributed by atoms with Crippen LogP contribution in [0.2, 0.25) is 0 Å². The number of hydrogen-bond acceptors (Lipinski definition) is 2. The van der Waals surface area contributed by atoms with Gasteiger partial charge in [0.2, 0.25) is 0 Å². The molecule has 0 heterocycles. The van der Waals surface area contributed by atoms with Gasteiger partial charge in [0.05, 0.1) is 4.90 Å². The third-order valence-corrected chi connectivity index (χ3v) is 3.74. The summed E-state index contributed by atoms with van der Waals surface area (Å²) in [7, 11) is 1.69. The second-order valence-electron chi connectivity index (χ2n) is 3.34. The number of rotatable bonds is 2. The second kappa shape index (κ2) is 3.91. The van der Waals surface area contributed by atoms with Gasteiger partial charge in [0.15, 0.2) is 0 Å². The highest BCUT2D eigenvalue weighted by atomic mass is 35.7. The molecule has 0 radical (unpaired) electrons. The smallest absolute Gasteiger partial charge is 0.207 e. The van der Waals surface area contributed by atoms with Gasteiger partial charge in [-0.05, 0) is 43.0 Å². The van der Waals surface area contributed by atoms with Crippen LogP contribution < -0.4 is 0 Å². The van der Waals surface area contributed by atoms with Crippen LogP contribution in [0.4, 0.5) is 0 Å². The summed E-state index contributed by atoms with van der Waals surface area (Å²) in [6, 6.07) is 3.51. The molecule has 0 fully saturated rings. The lowest BCUT2D eigenvalue weighted by atomic mass is 10.0. The predicted molar refractivity (Wildman–Crippen MR) is 58.3 cm³/mol. The highest BCUT2D eigenvalue weighted by molar-refractivity contribution is 8.13. The van der Waals surface area contributed by atoms with E-state index in [1.165, 1.54) is 0 Å². The third kappa shape index (κ3) is 2.28. The van der Waals surface area contributed by atoms with Crippen LogP contribution in [0.1, 0.15) is 23.6 Å². The van der Waals surface area contributed by atoms with Crippen LogP contribution in [-0.4, -0.2) is 8.42 Å². The summed E-state index contributed by atoms with van der Waals surface area (Å²) in [5.41, 5.74) is 2.84. The van der Waals surface area contributed by atoms with Crippen molar-refractivity contribution in [1.29, 1.82) is 0 Å². The summed E-state index contributed by atoms with van der Waals surface area (Å²) in [5.74, 6) is 0. The van der Waals surface area contributed by atoms with Gasteiger partial charge in [0.1, 0.15) is 0 Å². The van der Waals surface area contributed by atoms with Crippen LogP contribution in [0.25, 0.3) is 0 Å². The molecule has 0 saturated heterocycles. The lowest BCUT2D eigenvalue weighted by Gasteiger charge is -2.08. The lowest BCUT2D eigenvalue weighted by Crippen LogP contribution is -1.98. The molecule has 0 aliphatic heterocycles. The Bertz CT molecular complexity index is 449. The first-order valence-electron chi connectivity index (χ1n) is 4.41. The Kier molecular flexibility index (Phi) is 3.22. The van der Waals surface area contributed by atoms with E-state index in [0.717, 1.165) is 17.5 Å². The molecule has 0 N–H and O–H groups in total. The van der Waals surface area contributed by atoms with Gasteiger partial charge in [-0.25, -0.2) is 8.42 Å². The van der Waals surface area contributed by atoms with Crippen molar-refractivity contribution in [3.05, 3.63) is 28.8 Å². The molecule has 1 aromatic carbocycles. The van der Waals surface area contributed by atoms with E-state index in [-0.39, 0.29) is 4.90 Å². The average molecular weight is 233 g/mol. The maximum Gasteiger partial charge on any atom is 0.261 e. The Hall–Kier alpha value is -0.540. The quantitative estimate of drug-likeness (QED) is 0.735. The minimum absolute atomic E-state index is 0.217. The summed E-state index contributed by atoms with van der Waals surface area (Å²) < 4.78 is 22.3. The normalized spacial score (nSPS) is 11.7. The largest absolute Gasteiger partial charge is 0.261 e. The standard InChI is InChI=1S/C10H13ClO2S/c1-4-9-5-8(3)10(6-7(9)2)14(11,12)13/h5-6H,4H2,1-3H3. The molecule has 4 heteroatoms. The molecular formula is C10H13ClO2S. The van der Waals surface area contributed by atoms with Crippen LogP contribution in [0.5, 0.6) is 0 Å². The molecule has 0 aliphatic rings. The minimum Gasteiger partial charge on any atom is -0.207 e. The van der Waals surface area contributed by atoms with E-state index in [0.29, 0.717) is 5.56 Å². The monoisotopic (exact) mass is 232 g/mol. The zero-order valence-electron chi connectivity index (χ0n) is 8.46. The molecule has 0 aromatic heterocycles. The molecule has 78 valence electrons. The molecule has 0 bridgehead atoms. The van der Waals surface area contributed by atoms with Crippen molar-refractivity contribution in [1.82, 2.24) is 0 Å². The Morgan fingerprint density at radius 1 is 1.21 bits per heavy atom. The van der Waals surface area contributed by atoms with E-state index in [2.05, 4.69) is 0 Å². The zero-order chi connectivity index (χ0) is 10.9. The van der Waals surface area contributed by atoms with E-state index in [4.69, 9.17) is 10.7 Å². The van der Waals surface area contributed by atoms with E-state index >= 15 is 0 Å². The highest BCUT2D eigenvalue weighted by Crippen LogP contribution is 2.23. The summed E-state index contributed by atoms with van der Waals surface area (Å²) >= 11 is 0. The highest BCUT2D eigenvalue weighted by Gasteiger charge is 2.14. The van der Waals surface area contributed by atoms with Gasteiger partial charge in [0, 0.05) is 10.7 Å². The van der Waals surface area contributed by atoms with Gasteiger partial charge in [0.25, 0.3) is 9.05 Å². The fourth-order valence-electron chi connectivity index (χ4n) is 1.49. The number of benzene rings is 1. The van der Waals surface area contributed by atoms with E-state index in [1.807, 2.05) is 19.9 Å². The van der Waals surface area contributed by atoms with Crippen molar-refractivity contribution in [2.75, 3.05) is 0 Å². The molecule has 0 aliphatic carbocycles. The van der Waals surface area contributed by atoms with Crippen LogP contribution in [0, 0.1) is 13.8 Å². The van der Waals surface area contributed by atoms with Gasteiger partial charge in [-0.1, -0.05) is 13.0 Å². The minimum atomic E-state index is -3.61. The maximum absolute atomic E-state index is 11.2. The summed E-state index contributed by atoms with van der Waals surface area (Å²) in [6.07, 6.45) is 0.898. The Morgan fingerprint density at radius 2 is 1.79 bits per heavy atom. The molecule has 14 heavy (non-hydrogen) atoms. The van der Waals surface area contributed by atoms with Crippen molar-refractivity contribution in [3.8, 4) is 0 Å². The van der Waals surface area contributed by atoms with Crippen molar-refractivity contribution < 1.29 is 8.42 Å². The number of aryl methyl sites for hydroxylation is 3. The SMILES string of the molecule is CCc1cc(C)c(S(=O)(=O)Cl)cc1C. The predicted octanol–water partition coefficient (Wildman–Crippen LogP) is 2.79. The molecule has 0 atom stereocenters. The van der Waals surface area contributed by atoms with Crippen molar-refractivity contribution >= 4 is 19.7 Å². The van der Waals surface area contributed by atoms with Gasteiger partial charge in [-0.2, -0.15) is 0 Å². The fraction of sp³-hybridized carbons (Fsp3) is 0.400. The van der Waals surface area contributed by atoms with Gasteiger partial charge >= 0.3 is 0 Å². The van der Waals surface area contributed by atoms with Crippen LogP contribution >= 0.6 is 10.7 Å². The van der Waals surface area contributed by atoms with Crippen molar-refractivity contribution in [3.63, 3.8) is 0 Å². The molecule has 1 rings (SSSR count). The van der Waals surface area contributed by atoms with Crippen LogP contribution in [0.15, 0.2) is 17.0 Å². The van der Waals surface area contributed by atoms with E-state index < -0.39 is 9.05 Å². The molecule has 2 nitrogen and oxygen atoms in total. The summed E-state index contributed by atoms with van der Waals surface area (Å²) in [6.45, 7) is 5.69. The average Bonchev–Trinajstić information content (AvgIpc) is 2.06. The Labute approximate surface area is 89.3 Å². The zero-order valence-corrected chi connectivity index (χ0v) is 10.0. The second-order valence-corrected chi connectivity index (χ2v) is 5.87. The molecule has 1 aromatic rings. The topological polar surface area (TPSA) is 34.1 Å². The lowest BCUT2D eigenvalue weighted by molar-refractivity contribution is 0.609. The molecule has 0 unspecified atom stereocenters. The fourth-order valence-corrected chi connectivity index (χ4v) is 2.75. The first kappa shape index (κ1) is 11.5. The molecule has 0 spiro atoms. The van der Waals surface area contributed by atoms with Crippen LogP contribution in [-0.2, 0) is 15.5 Å². The third-order valence-electron chi connectivity index (χ3n) is 2.28. The van der Waals surface area contributed by atoms with Gasteiger partial charge < -0.3 is 0 Å². The van der Waals surface area contributed by atoms with Crippen molar-refractivity contribution in [2.45, 2.75) is 32.1 Å². The first-order chi connectivity index (χ1) is 6.36.